The Hall–Kier alpha value is 1.60. The highest BCUT2D eigenvalue weighted by Crippen LogP contribution is 2.55. The molecule has 92 valence electrons. The van der Waals surface area contributed by atoms with Crippen molar-refractivity contribution in [1.82, 2.24) is 9.50 Å². The molecular formula is C8H24N2OP4. The van der Waals surface area contributed by atoms with Crippen molar-refractivity contribution in [2.75, 3.05) is 20.1 Å². The molecule has 1 fully saturated rings. The van der Waals surface area contributed by atoms with Crippen molar-refractivity contribution in [3.8, 4) is 0 Å². The number of piperidine rings is 1. The molecular weight excluding hydrogens is 264 g/mol. The highest BCUT2D eigenvalue weighted by Gasteiger charge is 2.19. The van der Waals surface area contributed by atoms with Crippen LogP contribution in [0, 0.1) is 0 Å². The first-order valence-electron chi connectivity index (χ1n) is 5.29. The maximum absolute atomic E-state index is 5.79. The van der Waals surface area contributed by atoms with E-state index in [0.29, 0.717) is 6.10 Å². The molecule has 7 heteroatoms. The van der Waals surface area contributed by atoms with Crippen LogP contribution in [0.1, 0.15) is 26.7 Å². The van der Waals surface area contributed by atoms with Crippen LogP contribution < -0.4 is 0 Å². The average Bonchev–Trinajstić information content (AvgIpc) is 2.24. The molecule has 0 aromatic heterocycles. The standard InChI is InChI=1S/C6H18N2OP4.C2H6/c1-7(13(11)12)9-6-2-4-8(10)5-3-6;1-2/h6H,2-5,10-12H2,1H3;1-2H3. The minimum atomic E-state index is -0.272. The molecule has 0 saturated carbocycles. The molecule has 0 amide bonds. The highest BCUT2D eigenvalue weighted by atomic mass is 32.4. The van der Waals surface area contributed by atoms with Gasteiger partial charge in [-0.2, -0.15) is 4.83 Å². The van der Waals surface area contributed by atoms with Gasteiger partial charge in [0.25, 0.3) is 0 Å². The molecule has 1 heterocycles. The molecule has 1 aliphatic heterocycles. The summed E-state index contributed by atoms with van der Waals surface area (Å²) in [4.78, 5) is 7.74. The fourth-order valence-corrected chi connectivity index (χ4v) is 2.12. The molecule has 0 bridgehead atoms. The van der Waals surface area contributed by atoms with Crippen molar-refractivity contribution >= 4 is 34.7 Å². The van der Waals surface area contributed by atoms with Crippen molar-refractivity contribution < 1.29 is 4.84 Å². The van der Waals surface area contributed by atoms with E-state index in [0.717, 1.165) is 25.9 Å². The van der Waals surface area contributed by atoms with Gasteiger partial charge in [0.2, 0.25) is 0 Å². The van der Waals surface area contributed by atoms with Gasteiger partial charge >= 0.3 is 0 Å². The summed E-state index contributed by atoms with van der Waals surface area (Å²) in [6.07, 6.45) is 2.67. The van der Waals surface area contributed by atoms with Crippen molar-refractivity contribution in [3.63, 3.8) is 0 Å². The van der Waals surface area contributed by atoms with E-state index in [9.17, 15) is 0 Å². The van der Waals surface area contributed by atoms with Gasteiger partial charge in [-0.25, -0.2) is 0 Å². The number of hydrogen-bond donors (Lipinski definition) is 0. The number of hydroxylamine groups is 1. The second kappa shape index (κ2) is 9.61. The zero-order valence-electron chi connectivity index (χ0n) is 9.89. The van der Waals surface area contributed by atoms with Gasteiger partial charge in [-0.3, -0.25) is 9.51 Å². The maximum atomic E-state index is 5.79. The van der Waals surface area contributed by atoms with Gasteiger partial charge < -0.3 is 0 Å². The summed E-state index contributed by atoms with van der Waals surface area (Å²) in [6, 6.07) is 0. The molecule has 1 aliphatic rings. The predicted molar refractivity (Wildman–Crippen MR) is 80.8 cm³/mol. The van der Waals surface area contributed by atoms with E-state index >= 15 is 0 Å². The van der Waals surface area contributed by atoms with Crippen molar-refractivity contribution in [2.45, 2.75) is 32.8 Å². The van der Waals surface area contributed by atoms with E-state index in [1.54, 1.807) is 0 Å². The van der Waals surface area contributed by atoms with Gasteiger partial charge in [-0.1, -0.05) is 41.1 Å². The fraction of sp³-hybridized carbons (Fsp3) is 1.00. The van der Waals surface area contributed by atoms with Crippen LogP contribution in [0.4, 0.5) is 0 Å². The Kier molecular flexibility index (Phi) is 10.6. The van der Waals surface area contributed by atoms with E-state index in [1.165, 1.54) is 0 Å². The summed E-state index contributed by atoms with van der Waals surface area (Å²) >= 11 is 0. The van der Waals surface area contributed by atoms with Crippen LogP contribution in [0.15, 0.2) is 0 Å². The molecule has 0 N–H and O–H groups in total. The Balaban J connectivity index is 0.000000921. The zero-order valence-corrected chi connectivity index (χ0v) is 14.2. The van der Waals surface area contributed by atoms with Gasteiger partial charge in [0.15, 0.2) is 0 Å². The Morgan fingerprint density at radius 1 is 1.27 bits per heavy atom. The summed E-state index contributed by atoms with van der Waals surface area (Å²) in [5.74, 6) is 0. The first-order valence-corrected chi connectivity index (χ1v) is 10.3. The molecule has 0 radical (unpaired) electrons. The summed E-state index contributed by atoms with van der Waals surface area (Å²) in [5.41, 5.74) is 0. The first-order chi connectivity index (χ1) is 7.09. The maximum Gasteiger partial charge on any atom is 0.0821 e. The number of hydrogen-bond acceptors (Lipinski definition) is 3. The number of rotatable bonds is 3. The summed E-state index contributed by atoms with van der Waals surface area (Å²) in [7, 11) is 9.99. The molecule has 0 aliphatic carbocycles. The minimum absolute atomic E-state index is 0.272. The van der Waals surface area contributed by atoms with E-state index in [2.05, 4.69) is 31.9 Å². The van der Waals surface area contributed by atoms with E-state index < -0.39 is 0 Å². The van der Waals surface area contributed by atoms with Gasteiger partial charge in [0, 0.05) is 27.6 Å². The third-order valence-corrected chi connectivity index (χ3v) is 5.32. The molecule has 3 unspecified atom stereocenters. The Bertz CT molecular complexity index is 154. The van der Waals surface area contributed by atoms with Crippen LogP contribution in [0.5, 0.6) is 0 Å². The van der Waals surface area contributed by atoms with Crippen LogP contribution in [0.3, 0.4) is 0 Å². The molecule has 0 aromatic rings. The second-order valence-electron chi connectivity index (χ2n) is 3.18. The molecule has 3 nitrogen and oxygen atoms in total. The van der Waals surface area contributed by atoms with Gasteiger partial charge in [-0.15, -0.1) is 0 Å². The van der Waals surface area contributed by atoms with E-state index in [-0.39, 0.29) is 7.45 Å². The van der Waals surface area contributed by atoms with Crippen molar-refractivity contribution in [1.29, 1.82) is 0 Å². The lowest BCUT2D eigenvalue weighted by Gasteiger charge is -2.32. The monoisotopic (exact) mass is 288 g/mol. The lowest BCUT2D eigenvalue weighted by atomic mass is 10.1. The van der Waals surface area contributed by atoms with Crippen LogP contribution in [-0.4, -0.2) is 35.7 Å². The minimum Gasteiger partial charge on any atom is -0.292 e. The molecule has 15 heavy (non-hydrogen) atoms. The summed E-state index contributed by atoms with van der Waals surface area (Å²) in [6.45, 7) is 6.24. The van der Waals surface area contributed by atoms with Gasteiger partial charge in [-0.05, 0) is 12.8 Å². The molecule has 1 rings (SSSR count). The van der Waals surface area contributed by atoms with Crippen LogP contribution in [0.25, 0.3) is 0 Å². The Morgan fingerprint density at radius 2 is 1.73 bits per heavy atom. The van der Waals surface area contributed by atoms with Crippen LogP contribution >= 0.6 is 34.7 Å². The lowest BCUT2D eigenvalue weighted by Crippen LogP contribution is -2.33. The molecule has 3 atom stereocenters. The summed E-state index contributed by atoms with van der Waals surface area (Å²) in [5, 5.41) is 0. The quantitative estimate of drug-likeness (QED) is 0.586. The summed E-state index contributed by atoms with van der Waals surface area (Å²) < 4.78 is 2.27. The van der Waals surface area contributed by atoms with Gasteiger partial charge in [0.05, 0.1) is 6.10 Å². The Morgan fingerprint density at radius 3 is 2.13 bits per heavy atom. The topological polar surface area (TPSA) is 15.7 Å². The second-order valence-corrected chi connectivity index (χ2v) is 10.2. The highest BCUT2D eigenvalue weighted by molar-refractivity contribution is 8.42. The van der Waals surface area contributed by atoms with Crippen molar-refractivity contribution in [3.05, 3.63) is 0 Å². The van der Waals surface area contributed by atoms with E-state index in [4.69, 9.17) is 4.84 Å². The van der Waals surface area contributed by atoms with E-state index in [1.807, 2.05) is 25.7 Å². The third-order valence-electron chi connectivity index (χ3n) is 2.10. The largest absolute Gasteiger partial charge is 0.292 e. The normalized spacial score (nSPS) is 19.2. The smallest absolute Gasteiger partial charge is 0.0821 e. The Labute approximate surface area is 102 Å². The SMILES string of the molecule is CC.CN(OC1CCN(P)CC1)P(P)P. The van der Waals surface area contributed by atoms with Gasteiger partial charge in [0.1, 0.15) is 0 Å². The number of nitrogens with zero attached hydrogens (tertiary/aromatic N) is 2. The molecule has 1 saturated heterocycles. The zero-order chi connectivity index (χ0) is 11.8. The third kappa shape index (κ3) is 7.51. The predicted octanol–water partition coefficient (Wildman–Crippen LogP) is 3.11. The van der Waals surface area contributed by atoms with Crippen LogP contribution in [0.2, 0.25) is 0 Å². The average molecular weight is 288 g/mol. The lowest BCUT2D eigenvalue weighted by molar-refractivity contribution is -0.124. The van der Waals surface area contributed by atoms with Crippen molar-refractivity contribution in [2.24, 2.45) is 0 Å². The molecule has 0 spiro atoms. The first kappa shape index (κ1) is 16.6. The van der Waals surface area contributed by atoms with Crippen LogP contribution in [-0.2, 0) is 4.84 Å². The molecule has 0 aromatic carbocycles. The fourth-order valence-electron chi connectivity index (χ4n) is 1.25.